The predicted octanol–water partition coefficient (Wildman–Crippen LogP) is 2.35. The molecule has 186 valence electrons. The number of carbonyl (C=O) groups is 1. The first-order valence-corrected chi connectivity index (χ1v) is 11.7. The van der Waals surface area contributed by atoms with Crippen LogP contribution in [0.15, 0.2) is 27.8 Å². The Bertz CT molecular complexity index is 1120. The van der Waals surface area contributed by atoms with Crippen molar-refractivity contribution in [3.63, 3.8) is 0 Å². The minimum absolute atomic E-state index is 0.0128. The summed E-state index contributed by atoms with van der Waals surface area (Å²) in [6.07, 6.45) is 5.08. The molecule has 10 heteroatoms. The molecule has 1 aromatic heterocycles. The van der Waals surface area contributed by atoms with Gasteiger partial charge < -0.3 is 20.1 Å². The summed E-state index contributed by atoms with van der Waals surface area (Å²) in [7, 11) is 4.91. The van der Waals surface area contributed by atoms with Crippen LogP contribution < -0.4 is 36.3 Å². The first-order chi connectivity index (χ1) is 16.3. The van der Waals surface area contributed by atoms with Crippen molar-refractivity contribution in [1.82, 2.24) is 9.55 Å². The largest absolute Gasteiger partial charge is 0.493 e. The molecule has 1 heterocycles. The van der Waals surface area contributed by atoms with Gasteiger partial charge in [0.2, 0.25) is 5.91 Å². The van der Waals surface area contributed by atoms with Crippen LogP contribution in [0, 0.1) is 0 Å². The number of likely N-dealkylation sites (N-methyl/N-ethyl adjacent to an activating group) is 1. The van der Waals surface area contributed by atoms with Gasteiger partial charge in [-0.2, -0.15) is 0 Å². The predicted molar refractivity (Wildman–Crippen MR) is 133 cm³/mol. The van der Waals surface area contributed by atoms with Crippen molar-refractivity contribution in [2.45, 2.75) is 58.0 Å². The number of benzene rings is 1. The van der Waals surface area contributed by atoms with E-state index < -0.39 is 11.2 Å². The fourth-order valence-electron chi connectivity index (χ4n) is 4.45. The molecule has 0 bridgehead atoms. The van der Waals surface area contributed by atoms with E-state index in [1.165, 1.54) is 9.47 Å². The Labute approximate surface area is 199 Å². The molecule has 1 aliphatic carbocycles. The second-order valence-electron chi connectivity index (χ2n) is 8.60. The van der Waals surface area contributed by atoms with Crippen LogP contribution in [0.5, 0.6) is 11.5 Å². The van der Waals surface area contributed by atoms with Gasteiger partial charge in [-0.3, -0.25) is 24.0 Å². The monoisotopic (exact) mass is 473 g/mol. The number of unbranched alkanes of at least 4 members (excludes halogenated alkanes) is 1. The van der Waals surface area contributed by atoms with Crippen LogP contribution in [-0.2, 0) is 11.3 Å². The summed E-state index contributed by atoms with van der Waals surface area (Å²) < 4.78 is 12.0. The summed E-state index contributed by atoms with van der Waals surface area (Å²) in [5.41, 5.74) is 5.98. The lowest BCUT2D eigenvalue weighted by Gasteiger charge is -2.32. The van der Waals surface area contributed by atoms with E-state index in [1.807, 2.05) is 13.0 Å². The van der Waals surface area contributed by atoms with Crippen molar-refractivity contribution in [1.29, 1.82) is 0 Å². The lowest BCUT2D eigenvalue weighted by atomic mass is 10.1. The maximum absolute atomic E-state index is 13.6. The normalized spacial score (nSPS) is 13.6. The lowest BCUT2D eigenvalue weighted by molar-refractivity contribution is -0.117. The van der Waals surface area contributed by atoms with Gasteiger partial charge >= 0.3 is 5.69 Å². The Kier molecular flexibility index (Phi) is 8.25. The number of carbonyl (C=O) groups excluding carboxylic acids is 1. The molecule has 1 saturated carbocycles. The third-order valence-corrected chi connectivity index (χ3v) is 6.33. The summed E-state index contributed by atoms with van der Waals surface area (Å²) in [6.45, 7) is 2.40. The van der Waals surface area contributed by atoms with Crippen molar-refractivity contribution in [3.8, 4) is 11.5 Å². The number of hydrogen-bond donors (Lipinski definition) is 2. The molecular formula is C24H35N5O5. The number of amides is 1. The molecule has 1 fully saturated rings. The second kappa shape index (κ2) is 11.1. The van der Waals surface area contributed by atoms with Crippen molar-refractivity contribution >= 4 is 23.1 Å². The van der Waals surface area contributed by atoms with E-state index in [4.69, 9.17) is 15.2 Å². The molecule has 2 aromatic rings. The van der Waals surface area contributed by atoms with Crippen molar-refractivity contribution < 1.29 is 14.3 Å². The van der Waals surface area contributed by atoms with Gasteiger partial charge in [0.25, 0.3) is 5.56 Å². The summed E-state index contributed by atoms with van der Waals surface area (Å²) >= 11 is 0. The first-order valence-electron chi connectivity index (χ1n) is 11.7. The van der Waals surface area contributed by atoms with Crippen molar-refractivity contribution in [3.05, 3.63) is 39.0 Å². The number of nitrogens with zero attached hydrogens (tertiary/aromatic N) is 3. The molecule has 1 aromatic carbocycles. The van der Waals surface area contributed by atoms with Gasteiger partial charge in [0.15, 0.2) is 17.2 Å². The van der Waals surface area contributed by atoms with Crippen LogP contribution in [0.25, 0.3) is 0 Å². The number of ether oxygens (including phenoxy) is 2. The maximum atomic E-state index is 13.6. The fourth-order valence-corrected chi connectivity index (χ4v) is 4.45. The van der Waals surface area contributed by atoms with Gasteiger partial charge in [-0.15, -0.1) is 0 Å². The fraction of sp³-hybridized carbons (Fsp3) is 0.542. The molecule has 3 rings (SSSR count). The zero-order valence-electron chi connectivity index (χ0n) is 20.4. The summed E-state index contributed by atoms with van der Waals surface area (Å²) in [6, 6.07) is 5.25. The molecule has 3 N–H and O–H groups in total. The van der Waals surface area contributed by atoms with Crippen molar-refractivity contribution in [2.24, 2.45) is 0 Å². The topological polar surface area (TPSA) is 123 Å². The third-order valence-electron chi connectivity index (χ3n) is 6.33. The molecular weight excluding hydrogens is 438 g/mol. The quantitative estimate of drug-likeness (QED) is 0.543. The van der Waals surface area contributed by atoms with Crippen LogP contribution >= 0.6 is 0 Å². The van der Waals surface area contributed by atoms with E-state index in [9.17, 15) is 14.4 Å². The lowest BCUT2D eigenvalue weighted by Crippen LogP contribution is -2.48. The van der Waals surface area contributed by atoms with Crippen LogP contribution in [0.3, 0.4) is 0 Å². The van der Waals surface area contributed by atoms with Crippen LogP contribution in [0.4, 0.5) is 17.2 Å². The van der Waals surface area contributed by atoms with Gasteiger partial charge in [-0.25, -0.2) is 4.79 Å². The van der Waals surface area contributed by atoms with Gasteiger partial charge in [-0.1, -0.05) is 26.2 Å². The highest BCUT2D eigenvalue weighted by Crippen LogP contribution is 2.32. The minimum Gasteiger partial charge on any atom is -0.493 e. The Morgan fingerprint density at radius 3 is 2.47 bits per heavy atom. The van der Waals surface area contributed by atoms with E-state index in [1.54, 1.807) is 38.3 Å². The number of hydrogen-bond acceptors (Lipinski definition) is 7. The zero-order valence-corrected chi connectivity index (χ0v) is 20.4. The zero-order chi connectivity index (χ0) is 24.8. The minimum atomic E-state index is -0.635. The molecule has 1 aliphatic rings. The SMILES string of the molecule is CCCCn1c(N)c(N(C(=O)CN(C)c2ccc(OC)c(OC)c2)C2CCCC2)c(=O)[nH]c1=O. The molecule has 0 aliphatic heterocycles. The van der Waals surface area contributed by atoms with Crippen LogP contribution in [-0.4, -0.2) is 49.3 Å². The highest BCUT2D eigenvalue weighted by molar-refractivity contribution is 5.99. The van der Waals surface area contributed by atoms with E-state index >= 15 is 0 Å². The Morgan fingerprint density at radius 2 is 1.85 bits per heavy atom. The average molecular weight is 474 g/mol. The number of rotatable bonds is 10. The van der Waals surface area contributed by atoms with Gasteiger partial charge in [0.05, 0.1) is 20.8 Å². The second-order valence-corrected chi connectivity index (χ2v) is 8.60. The summed E-state index contributed by atoms with van der Waals surface area (Å²) in [5, 5.41) is 0. The number of aromatic nitrogens is 2. The van der Waals surface area contributed by atoms with E-state index in [0.29, 0.717) is 18.0 Å². The molecule has 0 atom stereocenters. The van der Waals surface area contributed by atoms with Gasteiger partial charge in [0, 0.05) is 31.4 Å². The number of H-pyrrole nitrogens is 1. The van der Waals surface area contributed by atoms with Gasteiger partial charge in [-0.05, 0) is 31.4 Å². The number of nitrogens with one attached hydrogen (secondary N) is 1. The molecule has 34 heavy (non-hydrogen) atoms. The highest BCUT2D eigenvalue weighted by atomic mass is 16.5. The number of methoxy groups -OCH3 is 2. The summed E-state index contributed by atoms with van der Waals surface area (Å²) in [4.78, 5) is 44.6. The molecule has 10 nitrogen and oxygen atoms in total. The van der Waals surface area contributed by atoms with Gasteiger partial charge in [0.1, 0.15) is 5.82 Å². The third kappa shape index (κ3) is 5.21. The average Bonchev–Trinajstić information content (AvgIpc) is 3.35. The van der Waals surface area contributed by atoms with Crippen LogP contribution in [0.2, 0.25) is 0 Å². The smallest absolute Gasteiger partial charge is 0.330 e. The first kappa shape index (κ1) is 25.2. The van der Waals surface area contributed by atoms with E-state index in [2.05, 4.69) is 4.98 Å². The van der Waals surface area contributed by atoms with Crippen LogP contribution in [0.1, 0.15) is 45.4 Å². The Morgan fingerprint density at radius 1 is 1.18 bits per heavy atom. The molecule has 0 radical (unpaired) electrons. The van der Waals surface area contributed by atoms with E-state index in [-0.39, 0.29) is 30.0 Å². The molecule has 1 amide bonds. The number of anilines is 3. The summed E-state index contributed by atoms with van der Waals surface area (Å²) in [5.74, 6) is 0.918. The maximum Gasteiger partial charge on any atom is 0.330 e. The molecule has 0 spiro atoms. The number of nitrogen functional groups attached to an aromatic ring is 1. The van der Waals surface area contributed by atoms with E-state index in [0.717, 1.165) is 44.2 Å². The standard InChI is InChI=1S/C24H35N5O5/c1-5-6-13-28-22(25)21(23(31)26-24(28)32)29(16-9-7-8-10-16)20(30)15-27(2)17-11-12-18(33-3)19(14-17)34-4/h11-12,14,16H,5-10,13,15,25H2,1-4H3,(H,26,31,32). The van der Waals surface area contributed by atoms with Crippen molar-refractivity contribution in [2.75, 3.05) is 43.3 Å². The molecule has 0 saturated heterocycles. The number of aromatic amines is 1. The Balaban J connectivity index is 1.97. The Hall–Kier alpha value is -3.43. The molecule has 0 unspecified atom stereocenters. The highest BCUT2D eigenvalue weighted by Gasteiger charge is 2.33. The number of nitrogens with two attached hydrogens (primary N) is 1.